The molecule has 5 nitrogen and oxygen atoms in total. The number of hydrogen-bond acceptors (Lipinski definition) is 3. The molecule has 0 spiro atoms. The fraction of sp³-hybridized carbons (Fsp3) is 0.750. The lowest BCUT2D eigenvalue weighted by Crippen LogP contribution is -2.33. The van der Waals surface area contributed by atoms with E-state index < -0.39 is 0 Å². The highest BCUT2D eigenvalue weighted by molar-refractivity contribution is 5.96. The average molecular weight is 295 g/mol. The summed E-state index contributed by atoms with van der Waals surface area (Å²) in [6.07, 6.45) is 8.89. The number of nitrogens with zero attached hydrogens (tertiary/aromatic N) is 1. The molecule has 0 bridgehead atoms. The Kier molecular flexibility index (Phi) is 8.74. The molecule has 0 heterocycles. The summed E-state index contributed by atoms with van der Waals surface area (Å²) in [5.74, 6) is -0.375. The molecule has 0 fully saturated rings. The molecule has 5 heteroatoms. The number of rotatable bonds is 9. The average Bonchev–Trinajstić information content (AvgIpc) is 2.44. The molecule has 120 valence electrons. The molecule has 2 N–H and O–H groups in total. The minimum Gasteiger partial charge on any atom is -0.356 e. The van der Waals surface area contributed by atoms with Crippen molar-refractivity contribution in [2.24, 2.45) is 0 Å². The van der Waals surface area contributed by atoms with E-state index in [1.165, 1.54) is 24.8 Å². The first-order chi connectivity index (χ1) is 10.1. The van der Waals surface area contributed by atoms with Crippen LogP contribution < -0.4 is 10.6 Å². The second-order valence-electron chi connectivity index (χ2n) is 5.89. The number of amides is 2. The Balaban J connectivity index is 2.04. The zero-order valence-corrected chi connectivity index (χ0v) is 13.4. The van der Waals surface area contributed by atoms with Gasteiger partial charge in [-0.1, -0.05) is 11.6 Å². The highest BCUT2D eigenvalue weighted by atomic mass is 16.2. The van der Waals surface area contributed by atoms with Crippen molar-refractivity contribution in [2.75, 3.05) is 33.7 Å². The van der Waals surface area contributed by atoms with Gasteiger partial charge in [0, 0.05) is 13.1 Å². The summed E-state index contributed by atoms with van der Waals surface area (Å²) in [6, 6.07) is 0. The van der Waals surface area contributed by atoms with Crippen LogP contribution in [0.5, 0.6) is 0 Å². The van der Waals surface area contributed by atoms with Crippen molar-refractivity contribution in [3.8, 4) is 0 Å². The molecule has 0 unspecified atom stereocenters. The van der Waals surface area contributed by atoms with Gasteiger partial charge in [-0.3, -0.25) is 9.59 Å². The van der Waals surface area contributed by atoms with Crippen LogP contribution in [0, 0.1) is 0 Å². The lowest BCUT2D eigenvalue weighted by Gasteiger charge is -2.13. The summed E-state index contributed by atoms with van der Waals surface area (Å²) in [4.78, 5) is 25.3. The fourth-order valence-corrected chi connectivity index (χ4v) is 2.39. The lowest BCUT2D eigenvalue weighted by molar-refractivity contribution is -0.129. The van der Waals surface area contributed by atoms with E-state index in [4.69, 9.17) is 0 Å². The van der Waals surface area contributed by atoms with E-state index in [2.05, 4.69) is 21.6 Å². The Morgan fingerprint density at radius 3 is 2.48 bits per heavy atom. The maximum Gasteiger partial charge on any atom is 0.229 e. The quantitative estimate of drug-likeness (QED) is 0.384. The van der Waals surface area contributed by atoms with Crippen LogP contribution in [0.2, 0.25) is 0 Å². The van der Waals surface area contributed by atoms with Gasteiger partial charge in [0.1, 0.15) is 6.42 Å². The van der Waals surface area contributed by atoms with Crippen molar-refractivity contribution in [1.82, 2.24) is 15.5 Å². The first-order valence-electron chi connectivity index (χ1n) is 7.94. The molecule has 21 heavy (non-hydrogen) atoms. The molecule has 2 amide bonds. The van der Waals surface area contributed by atoms with Gasteiger partial charge in [-0.05, 0) is 59.2 Å². The zero-order chi connectivity index (χ0) is 15.5. The highest BCUT2D eigenvalue weighted by Gasteiger charge is 2.09. The summed E-state index contributed by atoms with van der Waals surface area (Å²) in [5, 5.41) is 5.59. The summed E-state index contributed by atoms with van der Waals surface area (Å²) in [6.45, 7) is 2.19. The number of carbonyl (C=O) groups excluding carboxylic acids is 2. The van der Waals surface area contributed by atoms with E-state index in [0.717, 1.165) is 25.8 Å². The van der Waals surface area contributed by atoms with Crippen LogP contribution in [0.15, 0.2) is 11.6 Å². The lowest BCUT2D eigenvalue weighted by atomic mass is 9.97. The second kappa shape index (κ2) is 10.4. The minimum atomic E-state index is -0.192. The molecular formula is C16H29N3O2. The normalized spacial score (nSPS) is 14.7. The molecule has 0 saturated carbocycles. The van der Waals surface area contributed by atoms with Crippen molar-refractivity contribution < 1.29 is 9.59 Å². The van der Waals surface area contributed by atoms with Gasteiger partial charge in [0.2, 0.25) is 11.8 Å². The van der Waals surface area contributed by atoms with E-state index >= 15 is 0 Å². The monoisotopic (exact) mass is 295 g/mol. The maximum absolute atomic E-state index is 11.6. The van der Waals surface area contributed by atoms with Gasteiger partial charge >= 0.3 is 0 Å². The van der Waals surface area contributed by atoms with Gasteiger partial charge in [-0.15, -0.1) is 0 Å². The van der Waals surface area contributed by atoms with E-state index in [-0.39, 0.29) is 18.2 Å². The third kappa shape index (κ3) is 9.24. The Bertz CT molecular complexity index is 365. The van der Waals surface area contributed by atoms with Crippen molar-refractivity contribution in [2.45, 2.75) is 44.9 Å². The number of allylic oxidation sites excluding steroid dienone is 1. The van der Waals surface area contributed by atoms with Gasteiger partial charge < -0.3 is 15.5 Å². The van der Waals surface area contributed by atoms with Gasteiger partial charge in [0.05, 0.1) is 0 Å². The van der Waals surface area contributed by atoms with E-state index in [1.807, 2.05) is 14.1 Å². The number of hydrogen-bond donors (Lipinski definition) is 2. The smallest absolute Gasteiger partial charge is 0.229 e. The van der Waals surface area contributed by atoms with Gasteiger partial charge in [0.15, 0.2) is 0 Å². The van der Waals surface area contributed by atoms with Crippen LogP contribution in [0.25, 0.3) is 0 Å². The Hall–Kier alpha value is -1.36. The van der Waals surface area contributed by atoms with Gasteiger partial charge in [0.25, 0.3) is 0 Å². The first-order valence-corrected chi connectivity index (χ1v) is 7.94. The molecule has 1 aliphatic rings. The third-order valence-electron chi connectivity index (χ3n) is 3.58. The summed E-state index contributed by atoms with van der Waals surface area (Å²) >= 11 is 0. The van der Waals surface area contributed by atoms with Crippen molar-refractivity contribution >= 4 is 11.8 Å². The molecular weight excluding hydrogens is 266 g/mol. The van der Waals surface area contributed by atoms with Crippen LogP contribution in [-0.4, -0.2) is 50.4 Å². The van der Waals surface area contributed by atoms with E-state index in [0.29, 0.717) is 13.1 Å². The molecule has 0 aliphatic heterocycles. The number of carbonyl (C=O) groups is 2. The maximum atomic E-state index is 11.6. The van der Waals surface area contributed by atoms with Crippen LogP contribution in [0.1, 0.15) is 44.9 Å². The molecule has 0 aromatic carbocycles. The van der Waals surface area contributed by atoms with Crippen LogP contribution in [-0.2, 0) is 9.59 Å². The Labute approximate surface area is 128 Å². The minimum absolute atomic E-state index is 0.0684. The zero-order valence-electron chi connectivity index (χ0n) is 13.4. The van der Waals surface area contributed by atoms with Gasteiger partial charge in [-0.25, -0.2) is 0 Å². The molecule has 1 rings (SSSR count). The van der Waals surface area contributed by atoms with Crippen molar-refractivity contribution in [3.05, 3.63) is 11.6 Å². The van der Waals surface area contributed by atoms with Crippen molar-refractivity contribution in [3.63, 3.8) is 0 Å². The first kappa shape index (κ1) is 17.7. The topological polar surface area (TPSA) is 61.4 Å². The predicted molar refractivity (Wildman–Crippen MR) is 85.0 cm³/mol. The third-order valence-corrected chi connectivity index (χ3v) is 3.58. The van der Waals surface area contributed by atoms with Crippen LogP contribution >= 0.6 is 0 Å². The SMILES string of the molecule is CN(C)CCCNC(=O)CC(=O)NCCC1=CCCCC1. The molecule has 0 aromatic heterocycles. The van der Waals surface area contributed by atoms with Crippen LogP contribution in [0.4, 0.5) is 0 Å². The largest absolute Gasteiger partial charge is 0.356 e. The summed E-state index contributed by atoms with van der Waals surface area (Å²) < 4.78 is 0. The molecule has 0 saturated heterocycles. The molecule has 0 aromatic rings. The highest BCUT2D eigenvalue weighted by Crippen LogP contribution is 2.19. The standard InChI is InChI=1S/C16H29N3O2/c1-19(2)12-6-10-17-15(20)13-16(21)18-11-9-14-7-4-3-5-8-14/h7H,3-6,8-13H2,1-2H3,(H,17,20)(H,18,21). The predicted octanol–water partition coefficient (Wildman–Crippen LogP) is 1.45. The Morgan fingerprint density at radius 1 is 1.14 bits per heavy atom. The van der Waals surface area contributed by atoms with E-state index in [1.54, 1.807) is 0 Å². The Morgan fingerprint density at radius 2 is 1.86 bits per heavy atom. The van der Waals surface area contributed by atoms with Gasteiger partial charge in [-0.2, -0.15) is 0 Å². The van der Waals surface area contributed by atoms with Crippen LogP contribution in [0.3, 0.4) is 0 Å². The summed E-state index contributed by atoms with van der Waals surface area (Å²) in [5.41, 5.74) is 1.44. The number of nitrogens with one attached hydrogen (secondary N) is 2. The fourth-order valence-electron chi connectivity index (χ4n) is 2.39. The van der Waals surface area contributed by atoms with E-state index in [9.17, 15) is 9.59 Å². The summed E-state index contributed by atoms with van der Waals surface area (Å²) in [7, 11) is 3.99. The molecule has 0 atom stereocenters. The second-order valence-corrected chi connectivity index (χ2v) is 5.89. The molecule has 0 radical (unpaired) electrons. The van der Waals surface area contributed by atoms with Crippen molar-refractivity contribution in [1.29, 1.82) is 0 Å². The molecule has 1 aliphatic carbocycles.